The number of hydrogen-bond acceptors (Lipinski definition) is 5. The smallest absolute Gasteiger partial charge is 0.260 e. The first-order valence-electron chi connectivity index (χ1n) is 9.57. The van der Waals surface area contributed by atoms with Gasteiger partial charge in [-0.25, -0.2) is 4.98 Å². The maximum absolute atomic E-state index is 13.5. The number of hydrogen-bond donors (Lipinski definition) is 0. The molecule has 2 aromatic heterocycles. The Morgan fingerprint density at radius 2 is 1.93 bits per heavy atom. The van der Waals surface area contributed by atoms with Crippen molar-refractivity contribution in [3.8, 4) is 0 Å². The van der Waals surface area contributed by atoms with E-state index in [-0.39, 0.29) is 5.91 Å². The average molecular weight is 454 g/mol. The van der Waals surface area contributed by atoms with E-state index in [4.69, 9.17) is 16.6 Å². The highest BCUT2D eigenvalue weighted by atomic mass is 35.5. The number of fused-ring (bicyclic) bond motifs is 1. The number of aromatic nitrogens is 2. The molecule has 4 rings (SSSR count). The van der Waals surface area contributed by atoms with E-state index in [0.29, 0.717) is 22.3 Å². The summed E-state index contributed by atoms with van der Waals surface area (Å²) in [4.78, 5) is 25.5. The molecule has 0 N–H and O–H groups in total. The van der Waals surface area contributed by atoms with Crippen LogP contribution < -0.4 is 4.90 Å². The first-order chi connectivity index (χ1) is 14.6. The number of amides is 1. The van der Waals surface area contributed by atoms with Gasteiger partial charge in [0.15, 0.2) is 5.13 Å². The van der Waals surface area contributed by atoms with Crippen LogP contribution in [-0.4, -0.2) is 21.6 Å². The van der Waals surface area contributed by atoms with Crippen LogP contribution >= 0.6 is 34.7 Å². The van der Waals surface area contributed by atoms with Crippen molar-refractivity contribution in [1.29, 1.82) is 0 Å². The second-order valence-corrected chi connectivity index (χ2v) is 9.44. The van der Waals surface area contributed by atoms with Crippen LogP contribution in [0.15, 0.2) is 65.7 Å². The number of rotatable bonds is 6. The third-order valence-electron chi connectivity index (χ3n) is 4.67. The summed E-state index contributed by atoms with van der Waals surface area (Å²) in [6.07, 6.45) is 1.73. The van der Waals surface area contributed by atoms with Crippen LogP contribution in [0.3, 0.4) is 0 Å². The third-order valence-corrected chi connectivity index (χ3v) is 7.02. The van der Waals surface area contributed by atoms with Gasteiger partial charge in [0.05, 0.1) is 22.5 Å². The third kappa shape index (κ3) is 4.36. The molecule has 0 saturated heterocycles. The van der Waals surface area contributed by atoms with Crippen LogP contribution in [-0.2, 0) is 6.54 Å². The molecular formula is C23H20ClN3OS2. The Morgan fingerprint density at radius 3 is 2.63 bits per heavy atom. The van der Waals surface area contributed by atoms with Crippen molar-refractivity contribution in [2.45, 2.75) is 25.3 Å². The molecule has 2 aromatic carbocycles. The number of thioether (sulfide) groups is 1. The van der Waals surface area contributed by atoms with E-state index >= 15 is 0 Å². The van der Waals surface area contributed by atoms with Gasteiger partial charge in [-0.2, -0.15) is 0 Å². The molecule has 7 heteroatoms. The van der Waals surface area contributed by atoms with Crippen molar-refractivity contribution in [3.05, 3.63) is 82.6 Å². The van der Waals surface area contributed by atoms with Gasteiger partial charge in [-0.3, -0.25) is 14.7 Å². The summed E-state index contributed by atoms with van der Waals surface area (Å²) in [5.74, 6) is 0.892. The Morgan fingerprint density at radius 1 is 1.13 bits per heavy atom. The molecule has 0 atom stereocenters. The van der Waals surface area contributed by atoms with Crippen LogP contribution in [0.5, 0.6) is 0 Å². The van der Waals surface area contributed by atoms with Crippen molar-refractivity contribution in [2.75, 3.05) is 10.7 Å². The van der Waals surface area contributed by atoms with E-state index < -0.39 is 0 Å². The Hall–Kier alpha value is -2.41. The molecule has 0 saturated carbocycles. The zero-order chi connectivity index (χ0) is 21.1. The maximum Gasteiger partial charge on any atom is 0.260 e. The zero-order valence-corrected chi connectivity index (χ0v) is 19.0. The Labute approximate surface area is 188 Å². The SMILES string of the molecule is CCSc1ccc(C(=O)N(Cc2ccccn2)c2nc3c(C)c(Cl)ccc3s2)cc1. The number of carbonyl (C=O) groups is 1. The topological polar surface area (TPSA) is 46.1 Å². The van der Waals surface area contributed by atoms with E-state index in [9.17, 15) is 4.79 Å². The normalized spacial score (nSPS) is 11.0. The van der Waals surface area contributed by atoms with Crippen LogP contribution in [0.1, 0.15) is 28.5 Å². The molecule has 30 heavy (non-hydrogen) atoms. The lowest BCUT2D eigenvalue weighted by Gasteiger charge is -2.19. The fourth-order valence-electron chi connectivity index (χ4n) is 3.10. The highest BCUT2D eigenvalue weighted by Crippen LogP contribution is 2.34. The predicted molar refractivity (Wildman–Crippen MR) is 127 cm³/mol. The molecule has 0 bridgehead atoms. The number of carbonyl (C=O) groups excluding carboxylic acids is 1. The number of thiazole rings is 1. The molecule has 0 aliphatic heterocycles. The molecule has 0 radical (unpaired) electrons. The molecule has 152 valence electrons. The molecule has 0 fully saturated rings. The largest absolute Gasteiger partial charge is 0.278 e. The molecule has 0 aliphatic rings. The number of benzene rings is 2. The monoisotopic (exact) mass is 453 g/mol. The van der Waals surface area contributed by atoms with Gasteiger partial charge >= 0.3 is 0 Å². The molecule has 0 aliphatic carbocycles. The number of pyridine rings is 1. The Kier molecular flexibility index (Phi) is 6.37. The van der Waals surface area contributed by atoms with Gasteiger partial charge in [0, 0.05) is 21.7 Å². The summed E-state index contributed by atoms with van der Waals surface area (Å²) in [5, 5.41) is 1.31. The van der Waals surface area contributed by atoms with Gasteiger partial charge in [-0.1, -0.05) is 35.9 Å². The standard InChI is InChI=1S/C23H20ClN3OS2/c1-3-29-18-9-7-16(8-10-18)22(28)27(14-17-6-4-5-13-25-17)23-26-21-15(2)19(24)11-12-20(21)30-23/h4-13H,3,14H2,1-2H3. The van der Waals surface area contributed by atoms with Crippen molar-refractivity contribution < 1.29 is 4.79 Å². The summed E-state index contributed by atoms with van der Waals surface area (Å²) in [7, 11) is 0. The Bertz CT molecular complexity index is 1180. The molecule has 4 nitrogen and oxygen atoms in total. The van der Waals surface area contributed by atoms with Gasteiger partial charge in [0.25, 0.3) is 5.91 Å². The zero-order valence-electron chi connectivity index (χ0n) is 16.6. The minimum Gasteiger partial charge on any atom is -0.278 e. The van der Waals surface area contributed by atoms with Crippen molar-refractivity contribution in [1.82, 2.24) is 9.97 Å². The number of aryl methyl sites for hydroxylation is 1. The summed E-state index contributed by atoms with van der Waals surface area (Å²) >= 11 is 9.51. The lowest BCUT2D eigenvalue weighted by molar-refractivity contribution is 0.0984. The minimum atomic E-state index is -0.100. The van der Waals surface area contributed by atoms with Crippen LogP contribution in [0.25, 0.3) is 10.2 Å². The van der Waals surface area contributed by atoms with Gasteiger partial charge in [0.2, 0.25) is 0 Å². The number of anilines is 1. The van der Waals surface area contributed by atoms with E-state index in [1.54, 1.807) is 22.9 Å². The second kappa shape index (κ2) is 9.16. The lowest BCUT2D eigenvalue weighted by atomic mass is 10.2. The average Bonchev–Trinajstić information content (AvgIpc) is 3.20. The van der Waals surface area contributed by atoms with Gasteiger partial charge in [-0.05, 0) is 66.8 Å². The summed E-state index contributed by atoms with van der Waals surface area (Å²) < 4.78 is 1.00. The van der Waals surface area contributed by atoms with E-state index in [2.05, 4.69) is 11.9 Å². The molecule has 2 heterocycles. The fraction of sp³-hybridized carbons (Fsp3) is 0.174. The highest BCUT2D eigenvalue weighted by Gasteiger charge is 2.23. The van der Waals surface area contributed by atoms with Crippen molar-refractivity contribution in [2.24, 2.45) is 0 Å². The van der Waals surface area contributed by atoms with Crippen LogP contribution in [0.4, 0.5) is 5.13 Å². The van der Waals surface area contributed by atoms with Crippen LogP contribution in [0, 0.1) is 6.92 Å². The van der Waals surface area contributed by atoms with E-state index in [1.165, 1.54) is 11.3 Å². The summed E-state index contributed by atoms with van der Waals surface area (Å²) in [6, 6.07) is 17.2. The molecule has 0 unspecified atom stereocenters. The van der Waals surface area contributed by atoms with Crippen LogP contribution in [0.2, 0.25) is 5.02 Å². The highest BCUT2D eigenvalue weighted by molar-refractivity contribution is 7.99. The Balaban J connectivity index is 1.74. The van der Waals surface area contributed by atoms with Gasteiger partial charge in [0.1, 0.15) is 0 Å². The van der Waals surface area contributed by atoms with Gasteiger partial charge in [-0.15, -0.1) is 11.8 Å². The number of nitrogens with zero attached hydrogens (tertiary/aromatic N) is 3. The molecular weight excluding hydrogens is 434 g/mol. The van der Waals surface area contributed by atoms with Crippen molar-refractivity contribution >= 4 is 56.0 Å². The quantitative estimate of drug-likeness (QED) is 0.308. The minimum absolute atomic E-state index is 0.100. The molecule has 1 amide bonds. The van der Waals surface area contributed by atoms with E-state index in [1.807, 2.05) is 61.5 Å². The number of halogens is 1. The second-order valence-electron chi connectivity index (χ2n) is 6.69. The van der Waals surface area contributed by atoms with E-state index in [0.717, 1.165) is 32.1 Å². The summed E-state index contributed by atoms with van der Waals surface area (Å²) in [5.41, 5.74) is 3.18. The van der Waals surface area contributed by atoms with Gasteiger partial charge < -0.3 is 0 Å². The van der Waals surface area contributed by atoms with Crippen molar-refractivity contribution in [3.63, 3.8) is 0 Å². The molecule has 4 aromatic rings. The molecule has 0 spiro atoms. The lowest BCUT2D eigenvalue weighted by Crippen LogP contribution is -2.30. The first-order valence-corrected chi connectivity index (χ1v) is 11.7. The maximum atomic E-state index is 13.5. The first kappa shape index (κ1) is 20.8. The predicted octanol–water partition coefficient (Wildman–Crippen LogP) is 6.61. The summed E-state index contributed by atoms with van der Waals surface area (Å²) in [6.45, 7) is 4.40. The fourth-order valence-corrected chi connectivity index (χ4v) is 4.94.